The predicted molar refractivity (Wildman–Crippen MR) is 24.0 cm³/mol. The van der Waals surface area contributed by atoms with Gasteiger partial charge in [-0.05, 0) is 0 Å². The van der Waals surface area contributed by atoms with Crippen LogP contribution < -0.4 is 24.8 Å². The summed E-state index contributed by atoms with van der Waals surface area (Å²) in [6, 6.07) is 0. The molecule has 0 saturated carbocycles. The molecule has 0 rings (SSSR count). The summed E-state index contributed by atoms with van der Waals surface area (Å²) in [5.74, 6) is 0. The maximum atomic E-state index is 7.33. The predicted octanol–water partition coefficient (Wildman–Crippen LogP) is -9.81. The molecular formula is H6CaCl2O5Si. The Bertz CT molecular complexity index is 30.4. The number of hydrogen-bond donors (Lipinski definition) is 4. The minimum absolute atomic E-state index is 0. The van der Waals surface area contributed by atoms with Crippen molar-refractivity contribution in [3.05, 3.63) is 0 Å². The van der Waals surface area contributed by atoms with Crippen LogP contribution in [0.1, 0.15) is 0 Å². The van der Waals surface area contributed by atoms with E-state index in [1.54, 1.807) is 0 Å². The molecule has 9 heteroatoms. The average Bonchev–Trinajstić information content (AvgIpc) is 0.722. The Kier molecular flexibility index (Phi) is 42.8. The van der Waals surface area contributed by atoms with Crippen molar-refractivity contribution in [2.45, 2.75) is 0 Å². The van der Waals surface area contributed by atoms with Gasteiger partial charge < -0.3 is 49.5 Å². The van der Waals surface area contributed by atoms with Crippen LogP contribution in [0.4, 0.5) is 0 Å². The van der Waals surface area contributed by atoms with E-state index in [2.05, 4.69) is 0 Å². The Morgan fingerprint density at radius 1 is 0.778 bits per heavy atom. The van der Waals surface area contributed by atoms with Gasteiger partial charge in [-0.25, -0.2) is 0 Å². The van der Waals surface area contributed by atoms with Gasteiger partial charge in [0.2, 0.25) is 0 Å². The molecule has 0 radical (unpaired) electrons. The van der Waals surface area contributed by atoms with E-state index < -0.39 is 9.05 Å². The second kappa shape index (κ2) is 12.5. The minimum atomic E-state index is -4.61. The van der Waals surface area contributed by atoms with Crippen molar-refractivity contribution in [2.75, 3.05) is 0 Å². The zero-order valence-corrected chi connectivity index (χ0v) is 8.97. The molecule has 6 N–H and O–H groups in total. The Morgan fingerprint density at radius 3 is 0.778 bits per heavy atom. The smallest absolute Gasteiger partial charge is 1.00 e. The van der Waals surface area contributed by atoms with Crippen molar-refractivity contribution in [1.29, 1.82) is 0 Å². The van der Waals surface area contributed by atoms with Gasteiger partial charge in [0.05, 0.1) is 0 Å². The molecule has 0 aliphatic rings. The molecule has 0 atom stereocenters. The fraction of sp³-hybridized carbons (Fsp3) is 0. The van der Waals surface area contributed by atoms with E-state index in [1.165, 1.54) is 0 Å². The Morgan fingerprint density at radius 2 is 0.778 bits per heavy atom. The topological polar surface area (TPSA) is 112 Å². The normalized spacial score (nSPS) is 6.67. The first kappa shape index (κ1) is 30.8. The maximum Gasteiger partial charge on any atom is 2.00 e. The zero-order chi connectivity index (χ0) is 4.50. The molecule has 0 fully saturated rings. The van der Waals surface area contributed by atoms with E-state index in [9.17, 15) is 0 Å². The van der Waals surface area contributed by atoms with Gasteiger partial charge in [-0.1, -0.05) is 0 Å². The van der Waals surface area contributed by atoms with E-state index in [0.29, 0.717) is 0 Å². The van der Waals surface area contributed by atoms with Gasteiger partial charge in [-0.15, -0.1) is 0 Å². The number of rotatable bonds is 0. The Balaban J connectivity index is -0.0000000133. The summed E-state index contributed by atoms with van der Waals surface area (Å²) in [6.45, 7) is 0. The van der Waals surface area contributed by atoms with Crippen LogP contribution in [0.15, 0.2) is 0 Å². The van der Waals surface area contributed by atoms with E-state index in [-0.39, 0.29) is 68.0 Å². The number of hydrogen-bond acceptors (Lipinski definition) is 4. The van der Waals surface area contributed by atoms with Crippen LogP contribution in [0, 0.1) is 0 Å². The Labute approximate surface area is 95.3 Å². The van der Waals surface area contributed by atoms with E-state index in [4.69, 9.17) is 19.2 Å². The molecule has 0 bridgehead atoms. The van der Waals surface area contributed by atoms with Gasteiger partial charge in [-0.2, -0.15) is 0 Å². The molecule has 9 heavy (non-hydrogen) atoms. The molecule has 0 unspecified atom stereocenters. The second-order valence-electron chi connectivity index (χ2n) is 0.600. The molecular weight excluding hydrogens is 219 g/mol. The van der Waals surface area contributed by atoms with Crippen LogP contribution in [-0.2, 0) is 0 Å². The second-order valence-corrected chi connectivity index (χ2v) is 1.80. The van der Waals surface area contributed by atoms with Crippen LogP contribution in [0.5, 0.6) is 0 Å². The first-order valence-electron chi connectivity index (χ1n) is 0.894. The number of halogens is 2. The zero-order valence-electron chi connectivity index (χ0n) is 4.25. The molecule has 0 aromatic rings. The van der Waals surface area contributed by atoms with Crippen molar-refractivity contribution >= 4 is 46.8 Å². The SMILES string of the molecule is O.O[Si](O)(O)O.[Ca+2].[Cl-].[Cl-]. The van der Waals surface area contributed by atoms with Crippen LogP contribution in [0.25, 0.3) is 0 Å². The van der Waals surface area contributed by atoms with Crippen molar-refractivity contribution in [3.8, 4) is 0 Å². The molecule has 0 heterocycles. The molecule has 0 aromatic carbocycles. The van der Waals surface area contributed by atoms with Crippen molar-refractivity contribution in [3.63, 3.8) is 0 Å². The Hall–Kier alpha value is 1.86. The summed E-state index contributed by atoms with van der Waals surface area (Å²) in [6.07, 6.45) is 0. The monoisotopic (exact) mass is 224 g/mol. The largest absolute Gasteiger partial charge is 2.00 e. The summed E-state index contributed by atoms with van der Waals surface area (Å²) in [4.78, 5) is 29.3. The molecule has 5 nitrogen and oxygen atoms in total. The summed E-state index contributed by atoms with van der Waals surface area (Å²) in [5.41, 5.74) is 0. The quantitative estimate of drug-likeness (QED) is 0.306. The van der Waals surface area contributed by atoms with Crippen LogP contribution in [-0.4, -0.2) is 71.4 Å². The van der Waals surface area contributed by atoms with E-state index >= 15 is 0 Å². The summed E-state index contributed by atoms with van der Waals surface area (Å²) < 4.78 is 0. The fourth-order valence-corrected chi connectivity index (χ4v) is 0. The molecule has 0 aliphatic heterocycles. The van der Waals surface area contributed by atoms with Crippen LogP contribution >= 0.6 is 0 Å². The molecule has 0 aliphatic carbocycles. The summed E-state index contributed by atoms with van der Waals surface area (Å²) in [5, 5.41) is 0. The van der Waals surface area contributed by atoms with Crippen molar-refractivity contribution < 1.29 is 49.5 Å². The fourth-order valence-electron chi connectivity index (χ4n) is 0. The average molecular weight is 225 g/mol. The standard InChI is InChI=1S/Ca.2ClH.H4O4Si.H2O/c;;;1-5(2,3)4;/h;2*1H;1-4H;1H2/q+2;;;;/p-2. The molecule has 56 valence electrons. The summed E-state index contributed by atoms with van der Waals surface area (Å²) in [7, 11) is -4.61. The van der Waals surface area contributed by atoms with Crippen molar-refractivity contribution in [2.24, 2.45) is 0 Å². The first-order valence-corrected chi connectivity index (χ1v) is 2.68. The molecule has 0 spiro atoms. The summed E-state index contributed by atoms with van der Waals surface area (Å²) >= 11 is 0. The van der Waals surface area contributed by atoms with Crippen LogP contribution in [0.2, 0.25) is 0 Å². The van der Waals surface area contributed by atoms with Crippen LogP contribution in [0.3, 0.4) is 0 Å². The minimum Gasteiger partial charge on any atom is -1.00 e. The van der Waals surface area contributed by atoms with Crippen molar-refractivity contribution in [1.82, 2.24) is 0 Å². The van der Waals surface area contributed by atoms with E-state index in [0.717, 1.165) is 0 Å². The van der Waals surface area contributed by atoms with Gasteiger partial charge in [0.15, 0.2) is 0 Å². The maximum absolute atomic E-state index is 7.33. The van der Waals surface area contributed by atoms with Gasteiger partial charge in [0, 0.05) is 0 Å². The molecule has 0 aromatic heterocycles. The third kappa shape index (κ3) is 177. The van der Waals surface area contributed by atoms with Gasteiger partial charge in [0.1, 0.15) is 0 Å². The van der Waals surface area contributed by atoms with E-state index in [1.807, 2.05) is 0 Å². The molecule has 0 amide bonds. The third-order valence-corrected chi connectivity index (χ3v) is 0. The van der Waals surface area contributed by atoms with Gasteiger partial charge in [-0.3, -0.25) is 0 Å². The molecule has 0 saturated heterocycles. The third-order valence-electron chi connectivity index (χ3n) is 0. The van der Waals surface area contributed by atoms with Gasteiger partial charge >= 0.3 is 46.8 Å². The van der Waals surface area contributed by atoms with Gasteiger partial charge in [0.25, 0.3) is 0 Å². The first-order chi connectivity index (χ1) is 2.00.